The minimum absolute atomic E-state index is 0.485. The Balaban J connectivity index is 3.32. The van der Waals surface area contributed by atoms with Crippen molar-refractivity contribution >= 4 is 0 Å². The van der Waals surface area contributed by atoms with Crippen molar-refractivity contribution in [3.63, 3.8) is 0 Å². The molecule has 0 aliphatic heterocycles. The van der Waals surface area contributed by atoms with Crippen molar-refractivity contribution in [2.24, 2.45) is 0 Å². The molecule has 0 spiro atoms. The minimum Gasteiger partial charge on any atom is -0.388 e. The molecule has 1 unspecified atom stereocenters. The van der Waals surface area contributed by atoms with Crippen molar-refractivity contribution in [3.05, 3.63) is 35.4 Å². The van der Waals surface area contributed by atoms with Crippen molar-refractivity contribution in [1.29, 1.82) is 0 Å². The Kier molecular flexibility index (Phi) is 6.28. The van der Waals surface area contributed by atoms with E-state index < -0.39 is 53.9 Å². The smallest absolute Gasteiger partial charge is 0.388 e. The maximum Gasteiger partial charge on any atom is 0.460 e. The first-order valence-corrected chi connectivity index (χ1v) is 7.34. The average Bonchev–Trinajstić information content (AvgIpc) is 2.53. The van der Waals surface area contributed by atoms with Gasteiger partial charge < -0.3 is 5.11 Å². The van der Waals surface area contributed by atoms with Crippen molar-refractivity contribution in [1.82, 2.24) is 0 Å². The second-order valence-electron chi connectivity index (χ2n) is 6.13. The minimum atomic E-state index is -7.94. The normalized spacial score (nSPS) is 16.1. The lowest BCUT2D eigenvalue weighted by Gasteiger charge is -2.40. The van der Waals surface area contributed by atoms with Crippen LogP contribution in [0.1, 0.15) is 23.7 Å². The molecule has 0 saturated carbocycles. The van der Waals surface area contributed by atoms with Gasteiger partial charge in [0.2, 0.25) is 0 Å². The van der Waals surface area contributed by atoms with E-state index in [1.54, 1.807) is 0 Å². The summed E-state index contributed by atoms with van der Waals surface area (Å²) in [7, 11) is 0. The molecule has 1 rings (SSSR count). The lowest BCUT2D eigenvalue weighted by Crippen LogP contribution is -2.70. The molecule has 1 aromatic carbocycles. The molecular formula is C15H11F13O. The Hall–Kier alpha value is -1.73. The molecular weight excluding hydrogens is 443 g/mol. The molecule has 0 fully saturated rings. The van der Waals surface area contributed by atoms with Gasteiger partial charge in [-0.05, 0) is 12.5 Å². The SMILES string of the molecule is Cc1ccc(C(O)CC(F)(F)C(F)(F)C(F)(F)C(F)(F)C(F)(F)C(F)(F)F)cc1. The topological polar surface area (TPSA) is 20.2 Å². The van der Waals surface area contributed by atoms with Gasteiger partial charge in [0.15, 0.2) is 0 Å². The number of alkyl halides is 13. The van der Waals surface area contributed by atoms with Gasteiger partial charge in [-0.2, -0.15) is 57.1 Å². The van der Waals surface area contributed by atoms with Crippen molar-refractivity contribution in [3.8, 4) is 0 Å². The van der Waals surface area contributed by atoms with E-state index in [2.05, 4.69) is 0 Å². The third-order valence-corrected chi connectivity index (χ3v) is 3.91. The molecule has 1 nitrogen and oxygen atoms in total. The Labute approximate surface area is 154 Å². The molecule has 0 radical (unpaired) electrons. The zero-order chi connectivity index (χ0) is 23.3. The van der Waals surface area contributed by atoms with Crippen LogP contribution in [0.4, 0.5) is 57.1 Å². The van der Waals surface area contributed by atoms with Crippen LogP contribution in [0.3, 0.4) is 0 Å². The monoisotopic (exact) mass is 454 g/mol. The zero-order valence-electron chi connectivity index (χ0n) is 14.0. The quantitative estimate of drug-likeness (QED) is 0.490. The number of rotatable bonds is 7. The molecule has 0 aromatic heterocycles. The highest BCUT2D eigenvalue weighted by molar-refractivity contribution is 5.23. The Morgan fingerprint density at radius 3 is 1.41 bits per heavy atom. The van der Waals surface area contributed by atoms with Gasteiger partial charge in [-0.15, -0.1) is 0 Å². The number of hydrogen-bond acceptors (Lipinski definition) is 1. The second-order valence-corrected chi connectivity index (χ2v) is 6.13. The van der Waals surface area contributed by atoms with E-state index in [-0.39, 0.29) is 0 Å². The number of benzene rings is 1. The third-order valence-electron chi connectivity index (χ3n) is 3.91. The molecule has 0 heterocycles. The lowest BCUT2D eigenvalue weighted by molar-refractivity contribution is -0.440. The van der Waals surface area contributed by atoms with E-state index in [1.165, 1.54) is 19.1 Å². The van der Waals surface area contributed by atoms with Crippen molar-refractivity contribution in [2.45, 2.75) is 55.2 Å². The number of aliphatic hydroxyl groups is 1. The van der Waals surface area contributed by atoms with Crippen LogP contribution in [0.15, 0.2) is 24.3 Å². The highest BCUT2D eigenvalue weighted by Gasteiger charge is 2.90. The molecule has 29 heavy (non-hydrogen) atoms. The number of aryl methyl sites for hydroxylation is 1. The highest BCUT2D eigenvalue weighted by atomic mass is 19.4. The van der Waals surface area contributed by atoms with Crippen LogP contribution in [0.5, 0.6) is 0 Å². The fourth-order valence-corrected chi connectivity index (χ4v) is 2.08. The van der Waals surface area contributed by atoms with Crippen LogP contribution >= 0.6 is 0 Å². The standard InChI is InChI=1S/C15H11F13O/c1-7-2-4-8(5-3-7)9(29)6-10(16,17)11(18,19)12(20,21)13(22,23)14(24,25)15(26,27)28/h2-5,9,29H,6H2,1H3. The van der Waals surface area contributed by atoms with E-state index in [4.69, 9.17) is 0 Å². The van der Waals surface area contributed by atoms with E-state index in [1.807, 2.05) is 0 Å². The maximum atomic E-state index is 13.7. The molecule has 0 amide bonds. The fraction of sp³-hybridized carbons (Fsp3) is 0.600. The Morgan fingerprint density at radius 1 is 0.655 bits per heavy atom. The van der Waals surface area contributed by atoms with Crippen molar-refractivity contribution < 1.29 is 62.2 Å². The highest BCUT2D eigenvalue weighted by Crippen LogP contribution is 2.61. The fourth-order valence-electron chi connectivity index (χ4n) is 2.08. The average molecular weight is 454 g/mol. The first kappa shape index (κ1) is 25.3. The van der Waals surface area contributed by atoms with Crippen LogP contribution in [0, 0.1) is 6.92 Å². The molecule has 0 aliphatic rings. The summed E-state index contributed by atoms with van der Waals surface area (Å²) in [6, 6.07) is 4.11. The van der Waals surface area contributed by atoms with Gasteiger partial charge in [-0.3, -0.25) is 0 Å². The first-order chi connectivity index (χ1) is 12.6. The Bertz CT molecular complexity index is 706. The summed E-state index contributed by atoms with van der Waals surface area (Å²) in [5.41, 5.74) is -0.0691. The number of aliphatic hydroxyl groups excluding tert-OH is 1. The van der Waals surface area contributed by atoms with Gasteiger partial charge >= 0.3 is 35.8 Å². The molecule has 0 aliphatic carbocycles. The number of hydrogen-bond donors (Lipinski definition) is 1. The largest absolute Gasteiger partial charge is 0.460 e. The number of halogens is 13. The summed E-state index contributed by atoms with van der Waals surface area (Å²) in [5, 5.41) is 9.49. The van der Waals surface area contributed by atoms with Gasteiger partial charge in [0.25, 0.3) is 0 Å². The van der Waals surface area contributed by atoms with Gasteiger partial charge in [0, 0.05) is 6.42 Å². The summed E-state index contributed by atoms with van der Waals surface area (Å²) in [6.07, 6.45) is -12.8. The van der Waals surface area contributed by atoms with Crippen LogP contribution < -0.4 is 0 Å². The third kappa shape index (κ3) is 3.99. The molecule has 1 atom stereocenters. The van der Waals surface area contributed by atoms with Gasteiger partial charge in [0.1, 0.15) is 0 Å². The summed E-state index contributed by atoms with van der Waals surface area (Å²) < 4.78 is 169. The van der Waals surface area contributed by atoms with E-state index in [0.29, 0.717) is 5.56 Å². The maximum absolute atomic E-state index is 13.7. The summed E-state index contributed by atoms with van der Waals surface area (Å²) in [4.78, 5) is 0. The molecule has 14 heteroatoms. The molecule has 0 saturated heterocycles. The van der Waals surface area contributed by atoms with Crippen molar-refractivity contribution in [2.75, 3.05) is 0 Å². The summed E-state index contributed by atoms with van der Waals surface area (Å²) >= 11 is 0. The predicted octanol–water partition coefficient (Wildman–Crippen LogP) is 6.16. The van der Waals surface area contributed by atoms with E-state index in [0.717, 1.165) is 12.1 Å². The van der Waals surface area contributed by atoms with Crippen LogP contribution in [0.25, 0.3) is 0 Å². The van der Waals surface area contributed by atoms with E-state index >= 15 is 0 Å². The second kappa shape index (κ2) is 7.20. The van der Waals surface area contributed by atoms with Gasteiger partial charge in [-0.1, -0.05) is 29.8 Å². The van der Waals surface area contributed by atoms with Crippen LogP contribution in [-0.4, -0.2) is 40.9 Å². The summed E-state index contributed by atoms with van der Waals surface area (Å²) in [6.45, 7) is 1.47. The Morgan fingerprint density at radius 2 is 1.03 bits per heavy atom. The first-order valence-electron chi connectivity index (χ1n) is 7.34. The lowest BCUT2D eigenvalue weighted by atomic mass is 9.90. The van der Waals surface area contributed by atoms with Crippen LogP contribution in [-0.2, 0) is 0 Å². The van der Waals surface area contributed by atoms with E-state index in [9.17, 15) is 62.2 Å². The van der Waals surface area contributed by atoms with Crippen LogP contribution in [0.2, 0.25) is 0 Å². The summed E-state index contributed by atoms with van der Waals surface area (Å²) in [5.74, 6) is -37.3. The molecule has 0 bridgehead atoms. The van der Waals surface area contributed by atoms with Gasteiger partial charge in [0.05, 0.1) is 6.10 Å². The molecule has 1 N–H and O–H groups in total. The molecule has 168 valence electrons. The predicted molar refractivity (Wildman–Crippen MR) is 71.5 cm³/mol. The zero-order valence-corrected chi connectivity index (χ0v) is 14.0. The van der Waals surface area contributed by atoms with Gasteiger partial charge in [-0.25, -0.2) is 0 Å². The molecule has 1 aromatic rings.